The van der Waals surface area contributed by atoms with Gasteiger partial charge in [0.15, 0.2) is 5.69 Å². The molecule has 0 radical (unpaired) electrons. The molecule has 0 saturated heterocycles. The van der Waals surface area contributed by atoms with E-state index in [1.165, 1.54) is 12.8 Å². The van der Waals surface area contributed by atoms with Crippen molar-refractivity contribution in [2.75, 3.05) is 6.54 Å². The molecule has 1 aliphatic heterocycles. The van der Waals surface area contributed by atoms with Crippen molar-refractivity contribution in [1.29, 1.82) is 0 Å². The van der Waals surface area contributed by atoms with Gasteiger partial charge in [0.05, 0.1) is 23.5 Å². The minimum Gasteiger partial charge on any atom is -0.388 e. The number of rotatable bonds is 3. The summed E-state index contributed by atoms with van der Waals surface area (Å²) in [6.45, 7) is 4.26. The summed E-state index contributed by atoms with van der Waals surface area (Å²) in [7, 11) is 0. The number of ether oxygens (including phenoxy) is 1. The Hall–Kier alpha value is -1.40. The van der Waals surface area contributed by atoms with Crippen molar-refractivity contribution in [3.05, 3.63) is 17.0 Å². The van der Waals surface area contributed by atoms with Crippen LogP contribution in [0.2, 0.25) is 0 Å². The summed E-state index contributed by atoms with van der Waals surface area (Å²) in [5, 5.41) is 20.7. The molecule has 2 atom stereocenters. The molecule has 1 aromatic heterocycles. The Morgan fingerprint density at radius 2 is 2.04 bits per heavy atom. The zero-order valence-electron chi connectivity index (χ0n) is 14.0. The molecule has 0 spiro atoms. The minimum absolute atomic E-state index is 0.0751. The summed E-state index contributed by atoms with van der Waals surface area (Å²) in [4.78, 5) is 12.5. The lowest BCUT2D eigenvalue weighted by Crippen LogP contribution is -2.43. The Balaban J connectivity index is 1.67. The zero-order chi connectivity index (χ0) is 16.4. The van der Waals surface area contributed by atoms with E-state index in [0.29, 0.717) is 18.7 Å². The van der Waals surface area contributed by atoms with Gasteiger partial charge in [0.25, 0.3) is 5.91 Å². The molecule has 128 valence electrons. The van der Waals surface area contributed by atoms with Crippen LogP contribution in [0.3, 0.4) is 0 Å². The van der Waals surface area contributed by atoms with Gasteiger partial charge in [0.1, 0.15) is 0 Å². The number of aromatic amines is 1. The van der Waals surface area contributed by atoms with Gasteiger partial charge < -0.3 is 15.2 Å². The Morgan fingerprint density at radius 3 is 2.74 bits per heavy atom. The van der Waals surface area contributed by atoms with E-state index in [9.17, 15) is 9.90 Å². The van der Waals surface area contributed by atoms with Crippen LogP contribution in [0.25, 0.3) is 0 Å². The predicted molar refractivity (Wildman–Crippen MR) is 86.2 cm³/mol. The highest BCUT2D eigenvalue weighted by molar-refractivity contribution is 5.94. The smallest absolute Gasteiger partial charge is 0.272 e. The SMILES string of the molecule is C[C@@H]1Cc2c(C(=O)NCC3(O)CCCCCC3)n[nH]c2[C@H](C)O1. The van der Waals surface area contributed by atoms with Crippen LogP contribution in [-0.2, 0) is 11.2 Å². The first-order valence-electron chi connectivity index (χ1n) is 8.72. The maximum absolute atomic E-state index is 12.5. The maximum Gasteiger partial charge on any atom is 0.272 e. The van der Waals surface area contributed by atoms with E-state index < -0.39 is 5.60 Å². The average Bonchev–Trinajstić information content (AvgIpc) is 2.80. The van der Waals surface area contributed by atoms with Crippen molar-refractivity contribution >= 4 is 5.91 Å². The number of hydrogen-bond acceptors (Lipinski definition) is 4. The molecular formula is C17H27N3O3. The van der Waals surface area contributed by atoms with Gasteiger partial charge in [-0.1, -0.05) is 25.7 Å². The number of aliphatic hydroxyl groups is 1. The summed E-state index contributed by atoms with van der Waals surface area (Å²) < 4.78 is 5.75. The van der Waals surface area contributed by atoms with Crippen LogP contribution in [0.5, 0.6) is 0 Å². The lowest BCUT2D eigenvalue weighted by Gasteiger charge is -2.27. The highest BCUT2D eigenvalue weighted by atomic mass is 16.5. The van der Waals surface area contributed by atoms with E-state index >= 15 is 0 Å². The molecule has 0 unspecified atom stereocenters. The number of carbonyl (C=O) groups excluding carboxylic acids is 1. The standard InChI is InChI=1S/C17H27N3O3/c1-11-9-13-14(12(2)23-11)19-20-15(13)16(21)18-10-17(22)7-5-3-4-6-8-17/h11-12,22H,3-10H2,1-2H3,(H,18,21)(H,19,20)/t11-,12+/m1/s1. The first-order valence-corrected chi connectivity index (χ1v) is 8.72. The van der Waals surface area contributed by atoms with Crippen LogP contribution in [-0.4, -0.2) is 39.5 Å². The van der Waals surface area contributed by atoms with E-state index in [2.05, 4.69) is 15.5 Å². The van der Waals surface area contributed by atoms with E-state index in [4.69, 9.17) is 4.74 Å². The van der Waals surface area contributed by atoms with Gasteiger partial charge >= 0.3 is 0 Å². The van der Waals surface area contributed by atoms with Gasteiger partial charge in [-0.25, -0.2) is 0 Å². The van der Waals surface area contributed by atoms with Gasteiger partial charge in [0.2, 0.25) is 0 Å². The van der Waals surface area contributed by atoms with E-state index in [0.717, 1.165) is 36.9 Å². The third-order valence-corrected chi connectivity index (χ3v) is 5.06. The third-order valence-electron chi connectivity index (χ3n) is 5.06. The fourth-order valence-corrected chi connectivity index (χ4v) is 3.75. The van der Waals surface area contributed by atoms with E-state index in [1.54, 1.807) is 0 Å². The van der Waals surface area contributed by atoms with Crippen LogP contribution in [0.4, 0.5) is 0 Å². The van der Waals surface area contributed by atoms with Crippen LogP contribution >= 0.6 is 0 Å². The van der Waals surface area contributed by atoms with Crippen molar-refractivity contribution < 1.29 is 14.6 Å². The molecule has 1 saturated carbocycles. The second kappa shape index (κ2) is 6.61. The van der Waals surface area contributed by atoms with Crippen molar-refractivity contribution in [1.82, 2.24) is 15.5 Å². The molecule has 0 aromatic carbocycles. The van der Waals surface area contributed by atoms with Crippen molar-refractivity contribution in [2.45, 2.75) is 76.6 Å². The van der Waals surface area contributed by atoms with Gasteiger partial charge in [-0.05, 0) is 26.7 Å². The molecule has 1 aromatic rings. The quantitative estimate of drug-likeness (QED) is 0.745. The van der Waals surface area contributed by atoms with Crippen molar-refractivity contribution in [2.24, 2.45) is 0 Å². The summed E-state index contributed by atoms with van der Waals surface area (Å²) in [6, 6.07) is 0. The molecule has 3 rings (SSSR count). The molecule has 6 nitrogen and oxygen atoms in total. The molecule has 2 heterocycles. The average molecular weight is 321 g/mol. The number of carbonyl (C=O) groups is 1. The van der Waals surface area contributed by atoms with Gasteiger partial charge in [-0.3, -0.25) is 9.89 Å². The number of nitrogens with one attached hydrogen (secondary N) is 2. The topological polar surface area (TPSA) is 87.2 Å². The maximum atomic E-state index is 12.5. The van der Waals surface area contributed by atoms with Gasteiger partial charge in [0, 0.05) is 18.5 Å². The van der Waals surface area contributed by atoms with Crippen LogP contribution in [0.1, 0.15) is 80.2 Å². The highest BCUT2D eigenvalue weighted by Crippen LogP contribution is 2.30. The second-order valence-corrected chi connectivity index (χ2v) is 7.08. The van der Waals surface area contributed by atoms with Gasteiger partial charge in [-0.15, -0.1) is 0 Å². The lowest BCUT2D eigenvalue weighted by atomic mass is 9.94. The third kappa shape index (κ3) is 3.58. The summed E-state index contributed by atoms with van der Waals surface area (Å²) in [6.07, 6.45) is 6.58. The number of aromatic nitrogens is 2. The molecular weight excluding hydrogens is 294 g/mol. The first-order chi connectivity index (χ1) is 11.0. The Morgan fingerprint density at radius 1 is 1.35 bits per heavy atom. The summed E-state index contributed by atoms with van der Waals surface area (Å²) in [5.41, 5.74) is 1.51. The summed E-state index contributed by atoms with van der Waals surface area (Å²) in [5.74, 6) is -0.207. The Kier molecular flexibility index (Phi) is 4.73. The molecule has 2 aliphatic rings. The molecule has 1 amide bonds. The van der Waals surface area contributed by atoms with Crippen molar-refractivity contribution in [3.63, 3.8) is 0 Å². The molecule has 6 heteroatoms. The first kappa shape index (κ1) is 16.5. The number of amides is 1. The zero-order valence-corrected chi connectivity index (χ0v) is 14.0. The van der Waals surface area contributed by atoms with E-state index in [1.807, 2.05) is 13.8 Å². The summed E-state index contributed by atoms with van der Waals surface area (Å²) >= 11 is 0. The normalized spacial score (nSPS) is 27.1. The minimum atomic E-state index is -0.772. The lowest BCUT2D eigenvalue weighted by molar-refractivity contribution is -0.00701. The highest BCUT2D eigenvalue weighted by Gasteiger charge is 2.32. The van der Waals surface area contributed by atoms with Crippen LogP contribution < -0.4 is 5.32 Å². The molecule has 23 heavy (non-hydrogen) atoms. The largest absolute Gasteiger partial charge is 0.388 e. The fraction of sp³-hybridized carbons (Fsp3) is 0.765. The second-order valence-electron chi connectivity index (χ2n) is 7.08. The van der Waals surface area contributed by atoms with Crippen LogP contribution in [0, 0.1) is 0 Å². The molecule has 3 N–H and O–H groups in total. The van der Waals surface area contributed by atoms with E-state index in [-0.39, 0.29) is 18.1 Å². The number of H-pyrrole nitrogens is 1. The predicted octanol–water partition coefficient (Wildman–Crippen LogP) is 2.25. The monoisotopic (exact) mass is 321 g/mol. The number of nitrogens with zero attached hydrogens (tertiary/aromatic N) is 1. The molecule has 1 aliphatic carbocycles. The number of fused-ring (bicyclic) bond motifs is 1. The molecule has 0 bridgehead atoms. The Labute approximate surface area is 137 Å². The number of hydrogen-bond donors (Lipinski definition) is 3. The fourth-order valence-electron chi connectivity index (χ4n) is 3.75. The molecule has 1 fully saturated rings. The Bertz CT molecular complexity index is 561. The van der Waals surface area contributed by atoms with Crippen LogP contribution in [0.15, 0.2) is 0 Å². The van der Waals surface area contributed by atoms with Crippen molar-refractivity contribution in [3.8, 4) is 0 Å². The van der Waals surface area contributed by atoms with Gasteiger partial charge in [-0.2, -0.15) is 5.10 Å².